The van der Waals surface area contributed by atoms with E-state index in [2.05, 4.69) is 21.2 Å². The monoisotopic (exact) mass is 345 g/mol. The lowest BCUT2D eigenvalue weighted by molar-refractivity contribution is 0.0427. The minimum Gasteiger partial charge on any atom is -0.491 e. The first-order chi connectivity index (χ1) is 9.43. The molecule has 0 amide bonds. The van der Waals surface area contributed by atoms with Crippen molar-refractivity contribution in [3.63, 3.8) is 0 Å². The van der Waals surface area contributed by atoms with Crippen molar-refractivity contribution >= 4 is 15.9 Å². The van der Waals surface area contributed by atoms with Crippen molar-refractivity contribution in [1.82, 2.24) is 5.32 Å². The van der Waals surface area contributed by atoms with Gasteiger partial charge in [0.1, 0.15) is 18.5 Å². The Morgan fingerprint density at radius 1 is 1.45 bits per heavy atom. The van der Waals surface area contributed by atoms with Crippen molar-refractivity contribution in [3.05, 3.63) is 28.7 Å². The van der Waals surface area contributed by atoms with Crippen LogP contribution in [0.1, 0.15) is 26.7 Å². The topological polar surface area (TPSA) is 61.7 Å². The molecule has 1 rings (SSSR count). The first-order valence-corrected chi connectivity index (χ1v) is 7.72. The van der Waals surface area contributed by atoms with Crippen LogP contribution in [0.25, 0.3) is 0 Å². The highest BCUT2D eigenvalue weighted by atomic mass is 79.9. The largest absolute Gasteiger partial charge is 0.491 e. The van der Waals surface area contributed by atoms with Crippen molar-refractivity contribution in [1.29, 1.82) is 0 Å². The Hall–Kier alpha value is -0.620. The van der Waals surface area contributed by atoms with Crippen LogP contribution in [-0.4, -0.2) is 41.6 Å². The van der Waals surface area contributed by atoms with Crippen molar-refractivity contribution in [3.8, 4) is 5.75 Å². The minimum absolute atomic E-state index is 0.222. The summed E-state index contributed by atoms with van der Waals surface area (Å²) in [6.45, 7) is 4.92. The third-order valence-electron chi connectivity index (χ3n) is 2.91. The molecule has 0 fully saturated rings. The zero-order valence-corrected chi connectivity index (χ0v) is 13.7. The van der Waals surface area contributed by atoms with Crippen LogP contribution >= 0.6 is 15.9 Å². The van der Waals surface area contributed by atoms with Gasteiger partial charge in [0.2, 0.25) is 0 Å². The summed E-state index contributed by atoms with van der Waals surface area (Å²) < 4.78 is 6.44. The Labute approximate surface area is 129 Å². The number of nitrogens with one attached hydrogen (secondary N) is 1. The van der Waals surface area contributed by atoms with E-state index in [1.165, 1.54) is 0 Å². The van der Waals surface area contributed by atoms with Crippen molar-refractivity contribution in [2.75, 3.05) is 19.7 Å². The summed E-state index contributed by atoms with van der Waals surface area (Å²) in [5, 5.41) is 22.9. The predicted molar refractivity (Wildman–Crippen MR) is 84.0 cm³/mol. The average Bonchev–Trinajstić information content (AvgIpc) is 2.36. The molecule has 0 saturated heterocycles. The van der Waals surface area contributed by atoms with Crippen LogP contribution < -0.4 is 10.1 Å². The normalized spacial score (nSPS) is 15.7. The van der Waals surface area contributed by atoms with Crippen molar-refractivity contribution < 1.29 is 14.9 Å². The molecule has 114 valence electrons. The van der Waals surface area contributed by atoms with Gasteiger partial charge < -0.3 is 20.3 Å². The molecule has 5 heteroatoms. The molecule has 0 heterocycles. The molecule has 2 atom stereocenters. The summed E-state index contributed by atoms with van der Waals surface area (Å²) in [5.41, 5.74) is -0.723. The molecule has 2 unspecified atom stereocenters. The van der Waals surface area contributed by atoms with E-state index in [9.17, 15) is 10.2 Å². The number of ether oxygens (including phenoxy) is 1. The van der Waals surface area contributed by atoms with Gasteiger partial charge in [0.25, 0.3) is 0 Å². The predicted octanol–water partition coefficient (Wildman–Crippen LogP) is 2.33. The van der Waals surface area contributed by atoms with Gasteiger partial charge >= 0.3 is 0 Å². The molecular formula is C15H24BrNO3. The average molecular weight is 346 g/mol. The number of hydrogen-bond donors (Lipinski definition) is 3. The lowest BCUT2D eigenvalue weighted by Gasteiger charge is -2.24. The molecule has 0 saturated carbocycles. The Kier molecular flexibility index (Phi) is 7.51. The zero-order chi connectivity index (χ0) is 15.0. The molecule has 3 N–H and O–H groups in total. The fourth-order valence-corrected chi connectivity index (χ4v) is 2.32. The maximum atomic E-state index is 9.99. The van der Waals surface area contributed by atoms with Crippen LogP contribution in [0.15, 0.2) is 28.7 Å². The van der Waals surface area contributed by atoms with Gasteiger partial charge in [0.05, 0.1) is 5.60 Å². The molecule has 0 radical (unpaired) electrons. The highest BCUT2D eigenvalue weighted by Crippen LogP contribution is 2.17. The molecule has 20 heavy (non-hydrogen) atoms. The summed E-state index contributed by atoms with van der Waals surface area (Å²) in [6, 6.07) is 7.50. The molecule has 4 nitrogen and oxygen atoms in total. The fourth-order valence-electron chi connectivity index (χ4n) is 1.94. The van der Waals surface area contributed by atoms with Crippen LogP contribution in [0.5, 0.6) is 5.75 Å². The van der Waals surface area contributed by atoms with Gasteiger partial charge in [-0.05, 0) is 31.5 Å². The maximum Gasteiger partial charge on any atom is 0.120 e. The van der Waals surface area contributed by atoms with E-state index in [1.54, 1.807) is 6.92 Å². The number of benzene rings is 1. The molecule has 1 aromatic rings. The van der Waals surface area contributed by atoms with Gasteiger partial charge in [-0.1, -0.05) is 35.3 Å². The van der Waals surface area contributed by atoms with Crippen LogP contribution in [-0.2, 0) is 0 Å². The maximum absolute atomic E-state index is 9.99. The van der Waals surface area contributed by atoms with Crippen LogP contribution in [0.3, 0.4) is 0 Å². The Morgan fingerprint density at radius 3 is 2.85 bits per heavy atom. The highest BCUT2D eigenvalue weighted by molar-refractivity contribution is 9.10. The van der Waals surface area contributed by atoms with E-state index >= 15 is 0 Å². The fraction of sp³-hybridized carbons (Fsp3) is 0.600. The summed E-state index contributed by atoms with van der Waals surface area (Å²) in [6.07, 6.45) is 1.07. The molecule has 0 aliphatic rings. The zero-order valence-electron chi connectivity index (χ0n) is 12.1. The van der Waals surface area contributed by atoms with Gasteiger partial charge in [0, 0.05) is 17.6 Å². The molecular weight excluding hydrogens is 322 g/mol. The van der Waals surface area contributed by atoms with E-state index in [4.69, 9.17) is 4.74 Å². The molecule has 0 bridgehead atoms. The minimum atomic E-state index is -0.723. The van der Waals surface area contributed by atoms with Crippen LogP contribution in [0.2, 0.25) is 0 Å². The SMILES string of the molecule is CCCC(C)(O)CNCC(O)COc1cccc(Br)c1. The van der Waals surface area contributed by atoms with Crippen LogP contribution in [0, 0.1) is 0 Å². The van der Waals surface area contributed by atoms with E-state index in [0.29, 0.717) is 13.1 Å². The van der Waals surface area contributed by atoms with Gasteiger partial charge in [-0.15, -0.1) is 0 Å². The second kappa shape index (κ2) is 8.62. The first kappa shape index (κ1) is 17.4. The number of rotatable bonds is 9. The second-order valence-corrected chi connectivity index (χ2v) is 6.22. The highest BCUT2D eigenvalue weighted by Gasteiger charge is 2.18. The Morgan fingerprint density at radius 2 is 2.20 bits per heavy atom. The summed E-state index contributed by atoms with van der Waals surface area (Å²) in [4.78, 5) is 0. The number of hydrogen-bond acceptors (Lipinski definition) is 4. The lowest BCUT2D eigenvalue weighted by atomic mass is 10.0. The molecule has 0 aliphatic carbocycles. The van der Waals surface area contributed by atoms with Crippen molar-refractivity contribution in [2.24, 2.45) is 0 Å². The number of aliphatic hydroxyl groups is 2. The Bertz CT molecular complexity index is 398. The summed E-state index contributed by atoms with van der Waals surface area (Å²) in [5.74, 6) is 0.719. The quantitative estimate of drug-likeness (QED) is 0.642. The van der Waals surface area contributed by atoms with Crippen LogP contribution in [0.4, 0.5) is 0 Å². The van der Waals surface area contributed by atoms with Gasteiger partial charge in [0.15, 0.2) is 0 Å². The Balaban J connectivity index is 2.22. The van der Waals surface area contributed by atoms with Gasteiger partial charge in [-0.3, -0.25) is 0 Å². The van der Waals surface area contributed by atoms with E-state index < -0.39 is 11.7 Å². The smallest absolute Gasteiger partial charge is 0.120 e. The van der Waals surface area contributed by atoms with E-state index in [-0.39, 0.29) is 6.61 Å². The summed E-state index contributed by atoms with van der Waals surface area (Å²) >= 11 is 3.36. The molecule has 0 aromatic heterocycles. The third-order valence-corrected chi connectivity index (χ3v) is 3.41. The number of halogens is 1. The standard InChI is InChI=1S/C15H24BrNO3/c1-3-7-15(2,19)11-17-9-13(18)10-20-14-6-4-5-12(16)8-14/h4-6,8,13,17-19H,3,7,9-11H2,1-2H3. The number of aliphatic hydroxyl groups excluding tert-OH is 1. The molecule has 0 spiro atoms. The van der Waals surface area contributed by atoms with E-state index in [0.717, 1.165) is 23.1 Å². The third kappa shape index (κ3) is 7.24. The lowest BCUT2D eigenvalue weighted by Crippen LogP contribution is -2.41. The molecule has 1 aromatic carbocycles. The second-order valence-electron chi connectivity index (χ2n) is 5.30. The van der Waals surface area contributed by atoms with Gasteiger partial charge in [-0.25, -0.2) is 0 Å². The summed E-state index contributed by atoms with van der Waals surface area (Å²) in [7, 11) is 0. The van der Waals surface area contributed by atoms with Gasteiger partial charge in [-0.2, -0.15) is 0 Å². The first-order valence-electron chi connectivity index (χ1n) is 6.92. The molecule has 0 aliphatic heterocycles. The van der Waals surface area contributed by atoms with Crippen molar-refractivity contribution in [2.45, 2.75) is 38.4 Å². The van der Waals surface area contributed by atoms with E-state index in [1.807, 2.05) is 31.2 Å².